The van der Waals surface area contributed by atoms with Crippen LogP contribution in [-0.4, -0.2) is 11.1 Å². The predicted molar refractivity (Wildman–Crippen MR) is 74.1 cm³/mol. The Kier molecular flexibility index (Phi) is 4.57. The van der Waals surface area contributed by atoms with Gasteiger partial charge in [0.15, 0.2) is 0 Å². The van der Waals surface area contributed by atoms with Crippen LogP contribution in [-0.2, 0) is 11.0 Å². The van der Waals surface area contributed by atoms with Crippen LogP contribution in [0.3, 0.4) is 0 Å². The summed E-state index contributed by atoms with van der Waals surface area (Å²) < 4.78 is 38.1. The normalized spacial score (nSPS) is 12.9. The van der Waals surface area contributed by atoms with Crippen LogP contribution in [0, 0.1) is 0 Å². The van der Waals surface area contributed by atoms with Gasteiger partial charge in [0, 0.05) is 4.90 Å². The molecule has 0 saturated heterocycles. The van der Waals surface area contributed by atoms with Gasteiger partial charge in [-0.15, -0.1) is 11.8 Å². The molecule has 0 fully saturated rings. The summed E-state index contributed by atoms with van der Waals surface area (Å²) in [5, 5.41) is 8.19. The minimum absolute atomic E-state index is 0.117. The van der Waals surface area contributed by atoms with Gasteiger partial charge < -0.3 is 5.11 Å². The Morgan fingerprint density at radius 1 is 1.05 bits per heavy atom. The quantitative estimate of drug-likeness (QED) is 0.837. The van der Waals surface area contributed by atoms with Crippen LogP contribution in [0.15, 0.2) is 59.5 Å². The van der Waals surface area contributed by atoms with Crippen molar-refractivity contribution in [1.82, 2.24) is 0 Å². The van der Waals surface area contributed by atoms with Crippen molar-refractivity contribution in [2.24, 2.45) is 0 Å². The summed E-state index contributed by atoms with van der Waals surface area (Å²) in [6, 6.07) is 13.1. The van der Waals surface area contributed by atoms with Crippen LogP contribution in [0.2, 0.25) is 0 Å². The van der Waals surface area contributed by atoms with Gasteiger partial charge in [-0.2, -0.15) is 13.2 Å². The third-order valence-electron chi connectivity index (χ3n) is 2.74. The first-order chi connectivity index (χ1) is 9.88. The van der Waals surface area contributed by atoms with E-state index in [0.29, 0.717) is 4.90 Å². The maximum absolute atomic E-state index is 12.7. The summed E-state index contributed by atoms with van der Waals surface area (Å²) in [7, 11) is 0. The van der Waals surface area contributed by atoms with Crippen LogP contribution in [0.25, 0.3) is 0 Å². The van der Waals surface area contributed by atoms with Gasteiger partial charge in [-0.25, -0.2) is 0 Å². The summed E-state index contributed by atoms with van der Waals surface area (Å²) in [5.41, 5.74) is -0.730. The molecule has 0 amide bonds. The van der Waals surface area contributed by atoms with Crippen LogP contribution in [0.5, 0.6) is 0 Å². The van der Waals surface area contributed by atoms with E-state index in [1.165, 1.54) is 12.1 Å². The number of carbonyl (C=O) groups is 1. The Morgan fingerprint density at radius 3 is 2.29 bits per heavy atom. The van der Waals surface area contributed by atoms with Gasteiger partial charge in [-0.3, -0.25) is 4.79 Å². The first-order valence-electron chi connectivity index (χ1n) is 5.99. The average Bonchev–Trinajstić information content (AvgIpc) is 2.45. The Hall–Kier alpha value is -1.95. The topological polar surface area (TPSA) is 37.3 Å². The van der Waals surface area contributed by atoms with Crippen LogP contribution in [0.4, 0.5) is 13.2 Å². The van der Waals surface area contributed by atoms with Crippen molar-refractivity contribution < 1.29 is 23.1 Å². The first kappa shape index (κ1) is 15.4. The van der Waals surface area contributed by atoms with Gasteiger partial charge in [-0.05, 0) is 23.8 Å². The average molecular weight is 312 g/mol. The van der Waals surface area contributed by atoms with Gasteiger partial charge in [-0.1, -0.05) is 36.4 Å². The minimum Gasteiger partial charge on any atom is -0.480 e. The van der Waals surface area contributed by atoms with Crippen LogP contribution < -0.4 is 0 Å². The molecule has 0 heterocycles. The fourth-order valence-electron chi connectivity index (χ4n) is 1.77. The van der Waals surface area contributed by atoms with Crippen molar-refractivity contribution in [2.75, 3.05) is 0 Å². The highest BCUT2D eigenvalue weighted by molar-refractivity contribution is 8.00. The lowest BCUT2D eigenvalue weighted by Gasteiger charge is -2.14. The zero-order valence-corrected chi connectivity index (χ0v) is 11.5. The molecule has 0 aliphatic rings. The third-order valence-corrected chi connectivity index (χ3v) is 3.99. The molecule has 0 bridgehead atoms. The molecule has 2 aromatic carbocycles. The summed E-state index contributed by atoms with van der Waals surface area (Å²) in [4.78, 5) is 12.0. The van der Waals surface area contributed by atoms with Crippen molar-refractivity contribution >= 4 is 17.7 Å². The molecule has 0 saturated carbocycles. The number of carboxylic acid groups (broad SMARTS) is 1. The van der Waals surface area contributed by atoms with Gasteiger partial charge in [0.1, 0.15) is 5.25 Å². The van der Waals surface area contributed by atoms with E-state index in [9.17, 15) is 23.1 Å². The molecule has 2 rings (SSSR count). The van der Waals surface area contributed by atoms with Crippen molar-refractivity contribution in [1.29, 1.82) is 0 Å². The van der Waals surface area contributed by atoms with Crippen molar-refractivity contribution in [3.63, 3.8) is 0 Å². The second kappa shape index (κ2) is 6.22. The molecular weight excluding hydrogens is 301 g/mol. The summed E-state index contributed by atoms with van der Waals surface area (Å²) in [6.07, 6.45) is -4.49. The Labute approximate surface area is 123 Å². The fraction of sp³-hybridized carbons (Fsp3) is 0.133. The molecule has 6 heteroatoms. The molecule has 0 radical (unpaired) electrons. The van der Waals surface area contributed by atoms with Crippen LogP contribution in [0.1, 0.15) is 16.4 Å². The van der Waals surface area contributed by atoms with Crippen LogP contribution >= 0.6 is 11.8 Å². The minimum atomic E-state index is -4.49. The molecule has 110 valence electrons. The second-order valence-electron chi connectivity index (χ2n) is 4.27. The van der Waals surface area contributed by atoms with Crippen molar-refractivity contribution in [3.8, 4) is 0 Å². The van der Waals surface area contributed by atoms with E-state index in [4.69, 9.17) is 0 Å². The second-order valence-corrected chi connectivity index (χ2v) is 5.45. The zero-order valence-electron chi connectivity index (χ0n) is 10.7. The lowest BCUT2D eigenvalue weighted by atomic mass is 10.1. The largest absolute Gasteiger partial charge is 0.480 e. The van der Waals surface area contributed by atoms with Gasteiger partial charge in [0.25, 0.3) is 0 Å². The number of benzene rings is 2. The lowest BCUT2D eigenvalue weighted by molar-refractivity contribution is -0.139. The molecule has 0 spiro atoms. The molecule has 1 atom stereocenters. The molecule has 2 aromatic rings. The number of thioether (sulfide) groups is 1. The SMILES string of the molecule is O=C(O)C(Sc1ccccc1)c1cccc(C(F)(F)F)c1. The molecule has 2 nitrogen and oxygen atoms in total. The zero-order chi connectivity index (χ0) is 15.5. The smallest absolute Gasteiger partial charge is 0.416 e. The molecule has 1 N–H and O–H groups in total. The molecule has 21 heavy (non-hydrogen) atoms. The number of aliphatic carboxylic acids is 1. The van der Waals surface area contributed by atoms with Gasteiger partial charge in [0.05, 0.1) is 5.56 Å². The summed E-state index contributed by atoms with van der Waals surface area (Å²) >= 11 is 1.00. The van der Waals surface area contributed by atoms with E-state index in [0.717, 1.165) is 23.9 Å². The van der Waals surface area contributed by atoms with E-state index in [1.54, 1.807) is 30.3 Å². The lowest BCUT2D eigenvalue weighted by Crippen LogP contribution is -2.10. The Morgan fingerprint density at radius 2 is 1.71 bits per heavy atom. The van der Waals surface area contributed by atoms with Gasteiger partial charge >= 0.3 is 12.1 Å². The van der Waals surface area contributed by atoms with E-state index in [1.807, 2.05) is 0 Å². The van der Waals surface area contributed by atoms with E-state index in [2.05, 4.69) is 0 Å². The van der Waals surface area contributed by atoms with E-state index >= 15 is 0 Å². The standard InChI is InChI=1S/C15H11F3O2S/c16-15(17,18)11-6-4-5-10(9-11)13(14(19)20)21-12-7-2-1-3-8-12/h1-9,13H,(H,19,20). The number of rotatable bonds is 4. The number of hydrogen-bond acceptors (Lipinski definition) is 2. The third kappa shape index (κ3) is 4.01. The highest BCUT2D eigenvalue weighted by atomic mass is 32.2. The van der Waals surface area contributed by atoms with E-state index in [-0.39, 0.29) is 5.56 Å². The van der Waals surface area contributed by atoms with Crippen molar-refractivity contribution in [3.05, 3.63) is 65.7 Å². The monoisotopic (exact) mass is 312 g/mol. The predicted octanol–water partition coefficient (Wildman–Crippen LogP) is 4.62. The number of halogens is 3. The van der Waals surface area contributed by atoms with E-state index < -0.39 is 23.0 Å². The number of carboxylic acids is 1. The van der Waals surface area contributed by atoms with Crippen molar-refractivity contribution in [2.45, 2.75) is 16.3 Å². The molecule has 1 unspecified atom stereocenters. The first-order valence-corrected chi connectivity index (χ1v) is 6.87. The molecular formula is C15H11F3O2S. The summed E-state index contributed by atoms with van der Waals surface area (Å²) in [6.45, 7) is 0. The Balaban J connectivity index is 2.33. The highest BCUT2D eigenvalue weighted by Crippen LogP contribution is 2.38. The number of hydrogen-bond donors (Lipinski definition) is 1. The Bertz CT molecular complexity index is 626. The number of alkyl halides is 3. The summed E-state index contributed by atoms with van der Waals surface area (Å²) in [5.74, 6) is -1.18. The fourth-order valence-corrected chi connectivity index (χ4v) is 2.74. The van der Waals surface area contributed by atoms with Gasteiger partial charge in [0.2, 0.25) is 0 Å². The molecule has 0 aliphatic carbocycles. The molecule has 0 aliphatic heterocycles. The maximum Gasteiger partial charge on any atom is 0.416 e. The maximum atomic E-state index is 12.7. The molecule has 0 aromatic heterocycles. The highest BCUT2D eigenvalue weighted by Gasteiger charge is 2.32.